The maximum Gasteiger partial charge on any atom is 0.213 e. The molecule has 25 heavy (non-hydrogen) atoms. The standard InChI is InChI=1S/C19H24N4O.HI/c1-20-19(22-12-15-5-3-2-4-6-15)23-13-17-9-10-21-18(11-17)24-14-16-7-8-16;/h2-6,9-11,16H,7-8,12-14H2,1H3,(H2,20,22,23);1H. The Bertz CT molecular complexity index is 674. The molecule has 0 spiro atoms. The fourth-order valence-corrected chi connectivity index (χ4v) is 2.32. The van der Waals surface area contributed by atoms with Gasteiger partial charge in [0.05, 0.1) is 6.61 Å². The van der Waals surface area contributed by atoms with Crippen molar-refractivity contribution in [1.29, 1.82) is 0 Å². The van der Waals surface area contributed by atoms with E-state index in [1.54, 1.807) is 13.2 Å². The minimum atomic E-state index is 0. The molecule has 2 N–H and O–H groups in total. The Kier molecular flexibility index (Phi) is 7.97. The average molecular weight is 452 g/mol. The third-order valence-corrected chi connectivity index (χ3v) is 3.95. The molecule has 1 aromatic carbocycles. The first kappa shape index (κ1) is 19.5. The lowest BCUT2D eigenvalue weighted by atomic mass is 10.2. The Hall–Kier alpha value is -1.83. The van der Waals surface area contributed by atoms with Gasteiger partial charge in [0.15, 0.2) is 5.96 Å². The van der Waals surface area contributed by atoms with E-state index in [0.29, 0.717) is 12.4 Å². The zero-order chi connectivity index (χ0) is 16.6. The molecule has 1 aliphatic carbocycles. The summed E-state index contributed by atoms with van der Waals surface area (Å²) in [6, 6.07) is 14.2. The first-order valence-corrected chi connectivity index (χ1v) is 8.39. The molecule has 0 amide bonds. The first-order valence-electron chi connectivity index (χ1n) is 8.39. The Balaban J connectivity index is 0.00000225. The van der Waals surface area contributed by atoms with Crippen LogP contribution in [0.3, 0.4) is 0 Å². The number of nitrogens with one attached hydrogen (secondary N) is 2. The van der Waals surface area contributed by atoms with Crippen LogP contribution in [0.1, 0.15) is 24.0 Å². The first-order chi connectivity index (χ1) is 11.8. The van der Waals surface area contributed by atoms with E-state index in [4.69, 9.17) is 4.74 Å². The third-order valence-electron chi connectivity index (χ3n) is 3.95. The minimum absolute atomic E-state index is 0. The summed E-state index contributed by atoms with van der Waals surface area (Å²) >= 11 is 0. The number of pyridine rings is 1. The Morgan fingerprint density at radius 1 is 1.12 bits per heavy atom. The molecule has 0 aliphatic heterocycles. The molecule has 0 radical (unpaired) electrons. The lowest BCUT2D eigenvalue weighted by Gasteiger charge is -2.12. The molecule has 134 valence electrons. The van der Waals surface area contributed by atoms with Gasteiger partial charge in [-0.15, -0.1) is 24.0 Å². The number of aromatic nitrogens is 1. The van der Waals surface area contributed by atoms with Crippen LogP contribution in [0.2, 0.25) is 0 Å². The van der Waals surface area contributed by atoms with E-state index in [-0.39, 0.29) is 24.0 Å². The van der Waals surface area contributed by atoms with Gasteiger partial charge in [-0.25, -0.2) is 4.98 Å². The maximum absolute atomic E-state index is 5.72. The second kappa shape index (κ2) is 10.2. The van der Waals surface area contributed by atoms with Crippen molar-refractivity contribution in [2.45, 2.75) is 25.9 Å². The molecule has 0 saturated heterocycles. The zero-order valence-corrected chi connectivity index (χ0v) is 16.8. The van der Waals surface area contributed by atoms with Crippen LogP contribution in [0.15, 0.2) is 53.7 Å². The van der Waals surface area contributed by atoms with E-state index >= 15 is 0 Å². The van der Waals surface area contributed by atoms with Gasteiger partial charge in [0.1, 0.15) is 0 Å². The highest BCUT2D eigenvalue weighted by Crippen LogP contribution is 2.29. The number of nitrogens with zero attached hydrogens (tertiary/aromatic N) is 2. The lowest BCUT2D eigenvalue weighted by molar-refractivity contribution is 0.288. The Morgan fingerprint density at radius 2 is 1.84 bits per heavy atom. The SMILES string of the molecule is CN=C(NCc1ccccc1)NCc1ccnc(OCC2CC2)c1.I. The summed E-state index contributed by atoms with van der Waals surface area (Å²) in [5, 5.41) is 6.63. The molecule has 1 fully saturated rings. The molecule has 3 rings (SSSR count). The predicted octanol–water partition coefficient (Wildman–Crippen LogP) is 3.35. The number of guanidine groups is 1. The number of hydrogen-bond donors (Lipinski definition) is 2. The van der Waals surface area contributed by atoms with Gasteiger partial charge in [-0.1, -0.05) is 30.3 Å². The van der Waals surface area contributed by atoms with Crippen LogP contribution in [0.5, 0.6) is 5.88 Å². The van der Waals surface area contributed by atoms with Crippen LogP contribution in [0, 0.1) is 5.92 Å². The van der Waals surface area contributed by atoms with Crippen molar-refractivity contribution < 1.29 is 4.74 Å². The van der Waals surface area contributed by atoms with Gasteiger partial charge >= 0.3 is 0 Å². The van der Waals surface area contributed by atoms with E-state index in [1.807, 2.05) is 30.3 Å². The highest BCUT2D eigenvalue weighted by atomic mass is 127. The van der Waals surface area contributed by atoms with E-state index in [2.05, 4.69) is 32.7 Å². The summed E-state index contributed by atoms with van der Waals surface area (Å²) in [6.45, 7) is 2.20. The molecule has 1 aromatic heterocycles. The average Bonchev–Trinajstić information content (AvgIpc) is 3.46. The number of aliphatic imine (C=N–C) groups is 1. The van der Waals surface area contributed by atoms with Crippen LogP contribution in [0.4, 0.5) is 0 Å². The third kappa shape index (κ3) is 6.89. The number of benzene rings is 1. The summed E-state index contributed by atoms with van der Waals surface area (Å²) in [4.78, 5) is 8.52. The molecular formula is C19H25IN4O. The second-order valence-electron chi connectivity index (χ2n) is 6.02. The van der Waals surface area contributed by atoms with Gasteiger partial charge in [0, 0.05) is 32.4 Å². The van der Waals surface area contributed by atoms with Crippen LogP contribution >= 0.6 is 24.0 Å². The predicted molar refractivity (Wildman–Crippen MR) is 111 cm³/mol. The quantitative estimate of drug-likeness (QED) is 0.385. The molecule has 0 bridgehead atoms. The largest absolute Gasteiger partial charge is 0.477 e. The summed E-state index contributed by atoms with van der Waals surface area (Å²) in [7, 11) is 1.77. The summed E-state index contributed by atoms with van der Waals surface area (Å²) in [5.41, 5.74) is 2.35. The van der Waals surface area contributed by atoms with Crippen LogP contribution in [-0.4, -0.2) is 24.6 Å². The molecule has 5 nitrogen and oxygen atoms in total. The van der Waals surface area contributed by atoms with Gasteiger partial charge in [-0.05, 0) is 36.0 Å². The number of ether oxygens (including phenoxy) is 1. The smallest absolute Gasteiger partial charge is 0.213 e. The summed E-state index contributed by atoms with van der Waals surface area (Å²) < 4.78 is 5.72. The van der Waals surface area contributed by atoms with Gasteiger partial charge < -0.3 is 15.4 Å². The summed E-state index contributed by atoms with van der Waals surface area (Å²) in [5.74, 6) is 2.21. The summed E-state index contributed by atoms with van der Waals surface area (Å²) in [6.07, 6.45) is 4.36. The molecular weight excluding hydrogens is 427 g/mol. The topological polar surface area (TPSA) is 58.5 Å². The number of halogens is 1. The van der Waals surface area contributed by atoms with Gasteiger partial charge in [-0.3, -0.25) is 4.99 Å². The fraction of sp³-hybridized carbons (Fsp3) is 0.368. The van der Waals surface area contributed by atoms with E-state index in [9.17, 15) is 0 Å². The lowest BCUT2D eigenvalue weighted by Crippen LogP contribution is -2.36. The van der Waals surface area contributed by atoms with Crippen LogP contribution in [-0.2, 0) is 13.1 Å². The van der Waals surface area contributed by atoms with Crippen molar-refractivity contribution in [3.63, 3.8) is 0 Å². The monoisotopic (exact) mass is 452 g/mol. The highest BCUT2D eigenvalue weighted by molar-refractivity contribution is 14.0. The Labute approximate surface area is 166 Å². The maximum atomic E-state index is 5.72. The van der Waals surface area contributed by atoms with Crippen LogP contribution in [0.25, 0.3) is 0 Å². The normalized spacial score (nSPS) is 13.7. The van der Waals surface area contributed by atoms with Crippen molar-refractivity contribution >= 4 is 29.9 Å². The fourth-order valence-electron chi connectivity index (χ4n) is 2.32. The van der Waals surface area contributed by atoms with E-state index in [1.165, 1.54) is 18.4 Å². The molecule has 1 heterocycles. The zero-order valence-electron chi connectivity index (χ0n) is 14.4. The second-order valence-corrected chi connectivity index (χ2v) is 6.02. The van der Waals surface area contributed by atoms with Crippen molar-refractivity contribution in [2.75, 3.05) is 13.7 Å². The van der Waals surface area contributed by atoms with Crippen molar-refractivity contribution in [3.8, 4) is 5.88 Å². The van der Waals surface area contributed by atoms with E-state index < -0.39 is 0 Å². The van der Waals surface area contributed by atoms with Gasteiger partial charge in [-0.2, -0.15) is 0 Å². The van der Waals surface area contributed by atoms with Crippen molar-refractivity contribution in [3.05, 3.63) is 59.8 Å². The molecule has 0 atom stereocenters. The van der Waals surface area contributed by atoms with Gasteiger partial charge in [0.2, 0.25) is 5.88 Å². The highest BCUT2D eigenvalue weighted by Gasteiger charge is 2.22. The number of rotatable bonds is 7. The Morgan fingerprint density at radius 3 is 2.52 bits per heavy atom. The van der Waals surface area contributed by atoms with Gasteiger partial charge in [0.25, 0.3) is 0 Å². The van der Waals surface area contributed by atoms with Crippen molar-refractivity contribution in [1.82, 2.24) is 15.6 Å². The molecule has 6 heteroatoms. The number of hydrogen-bond acceptors (Lipinski definition) is 3. The van der Waals surface area contributed by atoms with E-state index in [0.717, 1.165) is 30.6 Å². The van der Waals surface area contributed by atoms with Crippen molar-refractivity contribution in [2.24, 2.45) is 10.9 Å². The molecule has 0 unspecified atom stereocenters. The minimum Gasteiger partial charge on any atom is -0.477 e. The molecule has 1 saturated carbocycles. The molecule has 2 aromatic rings. The molecule has 1 aliphatic rings. The van der Waals surface area contributed by atoms with Crippen LogP contribution < -0.4 is 15.4 Å².